The quantitative estimate of drug-likeness (QED) is 0.224. The summed E-state index contributed by atoms with van der Waals surface area (Å²) >= 11 is 6.24. The van der Waals surface area contributed by atoms with Crippen molar-refractivity contribution in [3.8, 4) is 28.8 Å². The van der Waals surface area contributed by atoms with E-state index in [2.05, 4.69) is 0 Å². The Hall–Kier alpha value is -4.93. The fourth-order valence-electron chi connectivity index (χ4n) is 4.27. The number of hydrogen-bond donors (Lipinski definition) is 0. The predicted octanol–water partition coefficient (Wildman–Crippen LogP) is 5.99. The molecule has 1 aromatic heterocycles. The van der Waals surface area contributed by atoms with Gasteiger partial charge in [-0.3, -0.25) is 14.5 Å². The molecule has 8 heteroatoms. The second-order valence-corrected chi connectivity index (χ2v) is 9.36. The molecule has 0 saturated carbocycles. The summed E-state index contributed by atoms with van der Waals surface area (Å²) in [6.45, 7) is 1.94. The van der Waals surface area contributed by atoms with Gasteiger partial charge in [-0.1, -0.05) is 48.0 Å². The Kier molecular flexibility index (Phi) is 7.13. The van der Waals surface area contributed by atoms with Crippen molar-refractivity contribution in [1.82, 2.24) is 14.7 Å². The molecule has 0 saturated heterocycles. The van der Waals surface area contributed by atoms with Crippen molar-refractivity contribution in [2.75, 3.05) is 7.05 Å². The fourth-order valence-corrected chi connectivity index (χ4v) is 4.46. The van der Waals surface area contributed by atoms with Crippen LogP contribution in [-0.4, -0.2) is 33.5 Å². The van der Waals surface area contributed by atoms with E-state index >= 15 is 0 Å². The molecule has 7 nitrogen and oxygen atoms in total. The van der Waals surface area contributed by atoms with Crippen LogP contribution < -0.4 is 4.74 Å². The van der Waals surface area contributed by atoms with Gasteiger partial charge in [0, 0.05) is 40.5 Å². The van der Waals surface area contributed by atoms with Crippen molar-refractivity contribution in [2.45, 2.75) is 13.5 Å². The fraction of sp³-hybridized carbons (Fsp3) is 0.0968. The van der Waals surface area contributed by atoms with Crippen LogP contribution in [0.25, 0.3) is 23.0 Å². The van der Waals surface area contributed by atoms with Gasteiger partial charge in [-0.05, 0) is 61.0 Å². The maximum absolute atomic E-state index is 13.0. The van der Waals surface area contributed by atoms with E-state index in [1.807, 2.05) is 91.1 Å². The summed E-state index contributed by atoms with van der Waals surface area (Å²) in [6, 6.07) is 26.5. The normalized spacial score (nSPS) is 14.6. The molecular weight excluding hydrogens is 512 g/mol. The molecule has 1 aliphatic heterocycles. The lowest BCUT2D eigenvalue weighted by Crippen LogP contribution is -2.39. The maximum Gasteiger partial charge on any atom is 0.271 e. The Bertz CT molecular complexity index is 1680. The van der Waals surface area contributed by atoms with Crippen LogP contribution in [0.4, 0.5) is 0 Å². The Morgan fingerprint density at radius 2 is 1.67 bits per heavy atom. The molecule has 0 spiro atoms. The number of carbonyl (C=O) groups excluding carboxylic acids is 2. The van der Waals surface area contributed by atoms with Crippen molar-refractivity contribution in [2.24, 2.45) is 0 Å². The summed E-state index contributed by atoms with van der Waals surface area (Å²) < 4.78 is 7.66. The number of carbonyl (C=O) groups is 2. The number of nitrogens with zero attached hydrogens (tertiary/aromatic N) is 4. The molecule has 0 fully saturated rings. The Morgan fingerprint density at radius 3 is 2.36 bits per heavy atom. The van der Waals surface area contributed by atoms with Gasteiger partial charge in [-0.25, -0.2) is 4.68 Å². The van der Waals surface area contributed by atoms with E-state index in [1.54, 1.807) is 17.7 Å². The van der Waals surface area contributed by atoms with Gasteiger partial charge in [-0.2, -0.15) is 10.4 Å². The lowest BCUT2D eigenvalue weighted by atomic mass is 9.93. The number of imide groups is 1. The highest BCUT2D eigenvalue weighted by molar-refractivity contribution is 6.31. The SMILES string of the molecule is CC1=C(C#N)C(=O)N(C)C(=O)/C1=C/c1cn(-c2ccccc2)nc1-c1ccc(OCc2ccccc2Cl)cc1. The third-order valence-corrected chi connectivity index (χ3v) is 6.86. The van der Waals surface area contributed by atoms with Crippen LogP contribution in [0.5, 0.6) is 5.75 Å². The number of ether oxygens (including phenoxy) is 1. The zero-order valence-corrected chi connectivity index (χ0v) is 22.0. The minimum Gasteiger partial charge on any atom is -0.489 e. The molecule has 192 valence electrons. The molecule has 5 rings (SSSR count). The van der Waals surface area contributed by atoms with E-state index in [4.69, 9.17) is 21.4 Å². The predicted molar refractivity (Wildman–Crippen MR) is 149 cm³/mol. The zero-order valence-electron chi connectivity index (χ0n) is 21.3. The van der Waals surface area contributed by atoms with Crippen molar-refractivity contribution < 1.29 is 14.3 Å². The van der Waals surface area contributed by atoms with E-state index in [1.165, 1.54) is 7.05 Å². The lowest BCUT2D eigenvalue weighted by molar-refractivity contribution is -0.138. The summed E-state index contributed by atoms with van der Waals surface area (Å²) in [4.78, 5) is 26.4. The van der Waals surface area contributed by atoms with Crippen LogP contribution in [0.1, 0.15) is 18.1 Å². The largest absolute Gasteiger partial charge is 0.489 e. The van der Waals surface area contributed by atoms with Gasteiger partial charge >= 0.3 is 0 Å². The van der Waals surface area contributed by atoms with Gasteiger partial charge in [0.25, 0.3) is 11.8 Å². The Labute approximate surface area is 230 Å². The zero-order chi connectivity index (χ0) is 27.5. The van der Waals surface area contributed by atoms with E-state index in [0.717, 1.165) is 21.7 Å². The first-order chi connectivity index (χ1) is 18.9. The highest BCUT2D eigenvalue weighted by Gasteiger charge is 2.33. The smallest absolute Gasteiger partial charge is 0.271 e. The van der Waals surface area contributed by atoms with Crippen LogP contribution in [0.3, 0.4) is 0 Å². The molecule has 2 heterocycles. The average molecular weight is 535 g/mol. The summed E-state index contributed by atoms with van der Waals surface area (Å²) in [5.74, 6) is -0.413. The maximum atomic E-state index is 13.0. The summed E-state index contributed by atoms with van der Waals surface area (Å²) in [6.07, 6.45) is 3.50. The molecule has 0 bridgehead atoms. The standard InChI is InChI=1S/C31H23ClN4O3/c1-20-26(30(37)35(2)31(38)27(20)17-33)16-23-18-36(24-9-4-3-5-10-24)34-29(23)21-12-14-25(15-13-21)39-19-22-8-6-7-11-28(22)32/h3-16,18H,19H2,1-2H3/b26-16+. The second kappa shape index (κ2) is 10.8. The van der Waals surface area contributed by atoms with E-state index < -0.39 is 11.8 Å². The summed E-state index contributed by atoms with van der Waals surface area (Å²) in [5.41, 5.74) is 4.37. The number of halogens is 1. The van der Waals surface area contributed by atoms with Gasteiger partial charge in [0.15, 0.2) is 0 Å². The second-order valence-electron chi connectivity index (χ2n) is 8.96. The highest BCUT2D eigenvalue weighted by atomic mass is 35.5. The molecule has 39 heavy (non-hydrogen) atoms. The monoisotopic (exact) mass is 534 g/mol. The number of benzene rings is 3. The van der Waals surface area contributed by atoms with Gasteiger partial charge < -0.3 is 4.74 Å². The van der Waals surface area contributed by atoms with Crippen LogP contribution in [0.15, 0.2) is 102 Å². The highest BCUT2D eigenvalue weighted by Crippen LogP contribution is 2.31. The molecule has 0 unspecified atom stereocenters. The molecule has 0 N–H and O–H groups in total. The number of hydrogen-bond acceptors (Lipinski definition) is 5. The molecule has 0 radical (unpaired) electrons. The number of likely N-dealkylation sites (N-methyl/N-ethyl adjacent to an activating group) is 1. The van der Waals surface area contributed by atoms with E-state index in [0.29, 0.717) is 34.2 Å². The molecule has 4 aromatic rings. The number of rotatable bonds is 6. The third kappa shape index (κ3) is 5.11. The van der Waals surface area contributed by atoms with Crippen molar-refractivity contribution in [3.63, 3.8) is 0 Å². The van der Waals surface area contributed by atoms with E-state index in [-0.39, 0.29) is 11.1 Å². The first kappa shape index (κ1) is 25.7. The van der Waals surface area contributed by atoms with Crippen molar-refractivity contribution >= 4 is 29.5 Å². The van der Waals surface area contributed by atoms with Crippen LogP contribution in [-0.2, 0) is 16.2 Å². The van der Waals surface area contributed by atoms with Crippen LogP contribution >= 0.6 is 11.6 Å². The number of para-hydroxylation sites is 1. The number of aromatic nitrogens is 2. The van der Waals surface area contributed by atoms with Crippen LogP contribution in [0.2, 0.25) is 5.02 Å². The van der Waals surface area contributed by atoms with Gasteiger partial charge in [0.05, 0.1) is 11.4 Å². The topological polar surface area (TPSA) is 88.2 Å². The Balaban J connectivity index is 1.54. The molecule has 1 aliphatic rings. The van der Waals surface area contributed by atoms with Gasteiger partial charge in [0.1, 0.15) is 24.0 Å². The van der Waals surface area contributed by atoms with Gasteiger partial charge in [-0.15, -0.1) is 0 Å². The van der Waals surface area contributed by atoms with E-state index in [9.17, 15) is 14.9 Å². The average Bonchev–Trinajstić information content (AvgIpc) is 3.39. The van der Waals surface area contributed by atoms with Crippen molar-refractivity contribution in [1.29, 1.82) is 5.26 Å². The Morgan fingerprint density at radius 1 is 0.974 bits per heavy atom. The minimum atomic E-state index is -0.607. The number of nitriles is 1. The first-order valence-corrected chi connectivity index (χ1v) is 12.5. The summed E-state index contributed by atoms with van der Waals surface area (Å²) in [7, 11) is 1.37. The molecule has 0 atom stereocenters. The molecule has 3 aromatic carbocycles. The molecule has 2 amide bonds. The van der Waals surface area contributed by atoms with Gasteiger partial charge in [0.2, 0.25) is 0 Å². The third-order valence-electron chi connectivity index (χ3n) is 6.49. The molecule has 0 aliphatic carbocycles. The number of amides is 2. The first-order valence-electron chi connectivity index (χ1n) is 12.1. The minimum absolute atomic E-state index is 0.0552. The molecular formula is C31H23ClN4O3. The van der Waals surface area contributed by atoms with Crippen molar-refractivity contribution in [3.05, 3.63) is 118 Å². The van der Waals surface area contributed by atoms with Crippen LogP contribution in [0, 0.1) is 11.3 Å². The summed E-state index contributed by atoms with van der Waals surface area (Å²) in [5, 5.41) is 15.0. The lowest BCUT2D eigenvalue weighted by Gasteiger charge is -2.23.